The van der Waals surface area contributed by atoms with Crippen LogP contribution in [0.3, 0.4) is 0 Å². The van der Waals surface area contributed by atoms with Crippen LogP contribution in [0.25, 0.3) is 0 Å². The van der Waals surface area contributed by atoms with Gasteiger partial charge in [-0.3, -0.25) is 4.79 Å². The fraction of sp³-hybridized carbons (Fsp3) is 0.350. The summed E-state index contributed by atoms with van der Waals surface area (Å²) in [4.78, 5) is 14.6. The molecule has 126 valence electrons. The number of anilines is 2. The Kier molecular flexibility index (Phi) is 5.91. The average molecular weight is 387 g/mol. The SMILES string of the molecule is O=C(Cc1ccc(Br)cc1)Nc1ccc(N2CCCCCC2)cc1. The van der Waals surface area contributed by atoms with E-state index in [9.17, 15) is 4.79 Å². The number of halogens is 1. The van der Waals surface area contributed by atoms with Crippen molar-refractivity contribution in [1.82, 2.24) is 0 Å². The fourth-order valence-electron chi connectivity index (χ4n) is 3.08. The first-order chi connectivity index (χ1) is 11.7. The quantitative estimate of drug-likeness (QED) is 0.800. The van der Waals surface area contributed by atoms with Gasteiger partial charge < -0.3 is 10.2 Å². The van der Waals surface area contributed by atoms with Gasteiger partial charge in [0.05, 0.1) is 6.42 Å². The van der Waals surface area contributed by atoms with Gasteiger partial charge in [0, 0.05) is 28.9 Å². The van der Waals surface area contributed by atoms with Crippen LogP contribution in [0.15, 0.2) is 53.0 Å². The summed E-state index contributed by atoms with van der Waals surface area (Å²) in [7, 11) is 0. The Hall–Kier alpha value is -1.81. The number of hydrogen-bond donors (Lipinski definition) is 1. The van der Waals surface area contributed by atoms with Gasteiger partial charge in [0.15, 0.2) is 0 Å². The molecule has 0 saturated carbocycles. The van der Waals surface area contributed by atoms with Gasteiger partial charge in [-0.25, -0.2) is 0 Å². The molecular formula is C20H23BrN2O. The van der Waals surface area contributed by atoms with Crippen LogP contribution in [0.5, 0.6) is 0 Å². The molecule has 24 heavy (non-hydrogen) atoms. The van der Waals surface area contributed by atoms with E-state index in [0.717, 1.165) is 28.8 Å². The minimum Gasteiger partial charge on any atom is -0.372 e. The number of hydrogen-bond acceptors (Lipinski definition) is 2. The lowest BCUT2D eigenvalue weighted by Crippen LogP contribution is -2.23. The summed E-state index contributed by atoms with van der Waals surface area (Å²) in [6.07, 6.45) is 5.60. The molecule has 2 aromatic rings. The Morgan fingerprint density at radius 1 is 0.917 bits per heavy atom. The minimum atomic E-state index is 0.0137. The zero-order valence-corrected chi connectivity index (χ0v) is 15.4. The molecular weight excluding hydrogens is 364 g/mol. The van der Waals surface area contributed by atoms with Crippen molar-refractivity contribution in [3.63, 3.8) is 0 Å². The topological polar surface area (TPSA) is 32.3 Å². The summed E-state index contributed by atoms with van der Waals surface area (Å²) in [5.74, 6) is 0.0137. The van der Waals surface area contributed by atoms with Crippen LogP contribution in [-0.4, -0.2) is 19.0 Å². The molecule has 0 aromatic heterocycles. The predicted molar refractivity (Wildman–Crippen MR) is 104 cm³/mol. The average Bonchev–Trinajstić information content (AvgIpc) is 2.87. The van der Waals surface area contributed by atoms with Crippen LogP contribution in [0.2, 0.25) is 0 Å². The van der Waals surface area contributed by atoms with E-state index >= 15 is 0 Å². The van der Waals surface area contributed by atoms with Crippen molar-refractivity contribution in [1.29, 1.82) is 0 Å². The number of carbonyl (C=O) groups excluding carboxylic acids is 1. The van der Waals surface area contributed by atoms with Crippen LogP contribution in [0.1, 0.15) is 31.2 Å². The highest BCUT2D eigenvalue weighted by Crippen LogP contribution is 2.21. The third-order valence-electron chi connectivity index (χ3n) is 4.40. The molecule has 1 aliphatic heterocycles. The molecule has 1 aliphatic rings. The summed E-state index contributed by atoms with van der Waals surface area (Å²) >= 11 is 3.41. The van der Waals surface area contributed by atoms with E-state index in [-0.39, 0.29) is 5.91 Å². The first-order valence-corrected chi connectivity index (χ1v) is 9.39. The second-order valence-electron chi connectivity index (χ2n) is 6.30. The van der Waals surface area contributed by atoms with E-state index in [2.05, 4.69) is 38.3 Å². The molecule has 0 bridgehead atoms. The number of amides is 1. The summed E-state index contributed by atoms with van der Waals surface area (Å²) in [6, 6.07) is 16.1. The number of benzene rings is 2. The summed E-state index contributed by atoms with van der Waals surface area (Å²) in [5.41, 5.74) is 3.12. The van der Waals surface area contributed by atoms with Crippen molar-refractivity contribution in [3.05, 3.63) is 58.6 Å². The molecule has 3 nitrogen and oxygen atoms in total. The van der Waals surface area contributed by atoms with Crippen molar-refractivity contribution < 1.29 is 4.79 Å². The number of nitrogens with one attached hydrogen (secondary N) is 1. The Morgan fingerprint density at radius 2 is 1.54 bits per heavy atom. The summed E-state index contributed by atoms with van der Waals surface area (Å²) < 4.78 is 1.02. The molecule has 2 aromatic carbocycles. The maximum atomic E-state index is 12.2. The van der Waals surface area contributed by atoms with Gasteiger partial charge in [-0.1, -0.05) is 40.9 Å². The Balaban J connectivity index is 1.57. The highest BCUT2D eigenvalue weighted by atomic mass is 79.9. The lowest BCUT2D eigenvalue weighted by atomic mass is 10.1. The number of rotatable bonds is 4. The molecule has 3 rings (SSSR count). The van der Waals surface area contributed by atoms with Crippen LogP contribution < -0.4 is 10.2 Å². The van der Waals surface area contributed by atoms with Gasteiger partial charge in [-0.15, -0.1) is 0 Å². The van der Waals surface area contributed by atoms with Crippen molar-refractivity contribution in [2.24, 2.45) is 0 Å². The Morgan fingerprint density at radius 3 is 2.17 bits per heavy atom. The third-order valence-corrected chi connectivity index (χ3v) is 4.93. The van der Waals surface area contributed by atoms with Crippen molar-refractivity contribution in [3.8, 4) is 0 Å². The van der Waals surface area contributed by atoms with E-state index in [1.54, 1.807) is 0 Å². The highest BCUT2D eigenvalue weighted by Gasteiger charge is 2.10. The third kappa shape index (κ3) is 4.84. The van der Waals surface area contributed by atoms with E-state index in [1.807, 2.05) is 36.4 Å². The first-order valence-electron chi connectivity index (χ1n) is 8.60. The molecule has 1 saturated heterocycles. The Bertz CT molecular complexity index is 659. The van der Waals surface area contributed by atoms with E-state index in [1.165, 1.54) is 31.4 Å². The monoisotopic (exact) mass is 386 g/mol. The lowest BCUT2D eigenvalue weighted by Gasteiger charge is -2.22. The molecule has 0 atom stereocenters. The lowest BCUT2D eigenvalue weighted by molar-refractivity contribution is -0.115. The highest BCUT2D eigenvalue weighted by molar-refractivity contribution is 9.10. The van der Waals surface area contributed by atoms with Crippen molar-refractivity contribution >= 4 is 33.2 Å². The largest absolute Gasteiger partial charge is 0.372 e. The molecule has 0 aliphatic carbocycles. The van der Waals surface area contributed by atoms with Crippen LogP contribution in [-0.2, 0) is 11.2 Å². The maximum absolute atomic E-state index is 12.2. The maximum Gasteiger partial charge on any atom is 0.228 e. The zero-order valence-electron chi connectivity index (χ0n) is 13.8. The Labute approximate surface area is 152 Å². The van der Waals surface area contributed by atoms with E-state index < -0.39 is 0 Å². The van der Waals surface area contributed by atoms with Gasteiger partial charge in [-0.2, -0.15) is 0 Å². The number of carbonyl (C=O) groups is 1. The van der Waals surface area contributed by atoms with E-state index in [0.29, 0.717) is 6.42 Å². The van der Waals surface area contributed by atoms with Gasteiger partial charge in [0.25, 0.3) is 0 Å². The van der Waals surface area contributed by atoms with Gasteiger partial charge in [0.2, 0.25) is 5.91 Å². The minimum absolute atomic E-state index is 0.0137. The van der Waals surface area contributed by atoms with Crippen molar-refractivity contribution in [2.75, 3.05) is 23.3 Å². The molecule has 0 radical (unpaired) electrons. The molecule has 1 fully saturated rings. The van der Waals surface area contributed by atoms with Crippen LogP contribution in [0.4, 0.5) is 11.4 Å². The van der Waals surface area contributed by atoms with Crippen LogP contribution >= 0.6 is 15.9 Å². The van der Waals surface area contributed by atoms with Gasteiger partial charge in [-0.05, 0) is 54.8 Å². The second kappa shape index (κ2) is 8.34. The van der Waals surface area contributed by atoms with Gasteiger partial charge >= 0.3 is 0 Å². The molecule has 0 spiro atoms. The van der Waals surface area contributed by atoms with Crippen LogP contribution in [0, 0.1) is 0 Å². The number of nitrogens with zero attached hydrogens (tertiary/aromatic N) is 1. The molecule has 1 heterocycles. The summed E-state index contributed by atoms with van der Waals surface area (Å²) in [5, 5.41) is 2.98. The normalized spacial score (nSPS) is 15.0. The summed E-state index contributed by atoms with van der Waals surface area (Å²) in [6.45, 7) is 2.27. The molecule has 4 heteroatoms. The standard InChI is InChI=1S/C20H23BrN2O/c21-17-7-5-16(6-8-17)15-20(24)22-18-9-11-19(12-10-18)23-13-3-1-2-4-14-23/h5-12H,1-4,13-15H2,(H,22,24). The smallest absolute Gasteiger partial charge is 0.228 e. The van der Waals surface area contributed by atoms with E-state index in [4.69, 9.17) is 0 Å². The second-order valence-corrected chi connectivity index (χ2v) is 7.22. The molecule has 1 amide bonds. The van der Waals surface area contributed by atoms with Crippen molar-refractivity contribution in [2.45, 2.75) is 32.1 Å². The molecule has 1 N–H and O–H groups in total. The van der Waals surface area contributed by atoms with Gasteiger partial charge in [0.1, 0.15) is 0 Å². The molecule has 0 unspecified atom stereocenters. The fourth-order valence-corrected chi connectivity index (χ4v) is 3.34. The zero-order chi connectivity index (χ0) is 16.8. The predicted octanol–water partition coefficient (Wildman–Crippen LogP) is 5.01. The first kappa shape index (κ1) is 17.0.